The molecule has 2 heterocycles. The van der Waals surface area contributed by atoms with Crippen molar-refractivity contribution in [2.75, 3.05) is 19.8 Å². The largest absolute Gasteiger partial charge is 0.491 e. The summed E-state index contributed by atoms with van der Waals surface area (Å²) in [5.74, 6) is 0.794. The van der Waals surface area contributed by atoms with Crippen LogP contribution in [0.1, 0.15) is 11.7 Å². The molecule has 2 unspecified atom stereocenters. The van der Waals surface area contributed by atoms with Crippen molar-refractivity contribution in [3.63, 3.8) is 0 Å². The number of para-hydroxylation sites is 1. The van der Waals surface area contributed by atoms with Gasteiger partial charge in [-0.05, 0) is 12.1 Å². The van der Waals surface area contributed by atoms with Crippen LogP contribution < -0.4 is 4.74 Å². The van der Waals surface area contributed by atoms with E-state index in [-0.39, 0.29) is 18.1 Å². The van der Waals surface area contributed by atoms with Crippen LogP contribution in [0, 0.1) is 0 Å². The Labute approximate surface area is 106 Å². The van der Waals surface area contributed by atoms with Crippen molar-refractivity contribution in [2.24, 2.45) is 0 Å². The number of carbonyl (C=O) groups excluding carboxylic acids is 1. The average molecular weight is 245 g/mol. The lowest BCUT2D eigenvalue weighted by molar-refractivity contribution is -0.146. The highest BCUT2D eigenvalue weighted by Crippen LogP contribution is 2.38. The quantitative estimate of drug-likeness (QED) is 0.704. The predicted molar refractivity (Wildman–Crippen MR) is 66.3 cm³/mol. The lowest BCUT2D eigenvalue weighted by atomic mass is 9.96. The minimum Gasteiger partial charge on any atom is -0.491 e. The zero-order valence-corrected chi connectivity index (χ0v) is 10.0. The third-order valence-electron chi connectivity index (χ3n) is 3.47. The van der Waals surface area contributed by atoms with Crippen LogP contribution in [0.25, 0.3) is 0 Å². The number of nitrogens with zero attached hydrogens (tertiary/aromatic N) is 1. The molecule has 2 atom stereocenters. The maximum Gasteiger partial charge on any atom is 0.246 e. The van der Waals surface area contributed by atoms with Gasteiger partial charge in [-0.15, -0.1) is 0 Å². The summed E-state index contributed by atoms with van der Waals surface area (Å²) in [4.78, 5) is 13.6. The first-order valence-corrected chi connectivity index (χ1v) is 6.07. The fourth-order valence-corrected chi connectivity index (χ4v) is 2.61. The molecule has 4 heteroatoms. The van der Waals surface area contributed by atoms with Crippen molar-refractivity contribution >= 4 is 5.91 Å². The first-order chi connectivity index (χ1) is 8.81. The number of rotatable bonds is 1. The second-order valence-corrected chi connectivity index (χ2v) is 4.44. The van der Waals surface area contributed by atoms with Gasteiger partial charge in [-0.1, -0.05) is 24.8 Å². The molecule has 94 valence electrons. The maximum absolute atomic E-state index is 11.8. The van der Waals surface area contributed by atoms with Gasteiger partial charge in [-0.3, -0.25) is 4.79 Å². The molecule has 0 aromatic heterocycles. The van der Waals surface area contributed by atoms with Crippen LogP contribution in [0.4, 0.5) is 0 Å². The number of hydrogen-bond donors (Lipinski definition) is 0. The number of carbonyl (C=O) groups is 1. The fraction of sp³-hybridized carbons (Fsp3) is 0.357. The van der Waals surface area contributed by atoms with Gasteiger partial charge in [0.2, 0.25) is 5.91 Å². The highest BCUT2D eigenvalue weighted by Gasteiger charge is 2.39. The van der Waals surface area contributed by atoms with E-state index >= 15 is 0 Å². The van der Waals surface area contributed by atoms with Gasteiger partial charge in [0.05, 0.1) is 12.6 Å². The topological polar surface area (TPSA) is 38.8 Å². The molecule has 0 aliphatic carbocycles. The Kier molecular flexibility index (Phi) is 2.80. The van der Waals surface area contributed by atoms with Gasteiger partial charge >= 0.3 is 0 Å². The van der Waals surface area contributed by atoms with E-state index in [0.29, 0.717) is 19.8 Å². The third kappa shape index (κ3) is 1.69. The van der Waals surface area contributed by atoms with E-state index in [4.69, 9.17) is 9.47 Å². The maximum atomic E-state index is 11.8. The van der Waals surface area contributed by atoms with Gasteiger partial charge in [-0.25, -0.2) is 0 Å². The molecule has 2 aliphatic rings. The Morgan fingerprint density at radius 2 is 2.28 bits per heavy atom. The Morgan fingerprint density at radius 1 is 1.44 bits per heavy atom. The summed E-state index contributed by atoms with van der Waals surface area (Å²) >= 11 is 0. The highest BCUT2D eigenvalue weighted by atomic mass is 16.5. The van der Waals surface area contributed by atoms with E-state index < -0.39 is 0 Å². The second kappa shape index (κ2) is 4.46. The number of benzene rings is 1. The van der Waals surface area contributed by atoms with E-state index in [1.165, 1.54) is 6.08 Å². The van der Waals surface area contributed by atoms with Gasteiger partial charge < -0.3 is 14.4 Å². The van der Waals surface area contributed by atoms with Gasteiger partial charge in [0.1, 0.15) is 18.5 Å². The summed E-state index contributed by atoms with van der Waals surface area (Å²) in [7, 11) is 0. The molecule has 0 radical (unpaired) electrons. The predicted octanol–water partition coefficient (Wildman–Crippen LogP) is 1.53. The van der Waals surface area contributed by atoms with E-state index in [1.54, 1.807) is 4.90 Å². The highest BCUT2D eigenvalue weighted by molar-refractivity contribution is 5.87. The summed E-state index contributed by atoms with van der Waals surface area (Å²) in [6, 6.07) is 7.77. The Morgan fingerprint density at radius 3 is 3.11 bits per heavy atom. The molecule has 0 bridgehead atoms. The van der Waals surface area contributed by atoms with Crippen molar-refractivity contribution < 1.29 is 14.3 Å². The second-order valence-electron chi connectivity index (χ2n) is 4.44. The average Bonchev–Trinajstić information content (AvgIpc) is 2.45. The van der Waals surface area contributed by atoms with Crippen LogP contribution in [0.2, 0.25) is 0 Å². The lowest BCUT2D eigenvalue weighted by Crippen LogP contribution is -2.53. The van der Waals surface area contributed by atoms with Crippen LogP contribution in [0.15, 0.2) is 36.9 Å². The summed E-state index contributed by atoms with van der Waals surface area (Å²) < 4.78 is 11.5. The van der Waals surface area contributed by atoms with Crippen molar-refractivity contribution in [3.05, 3.63) is 42.5 Å². The van der Waals surface area contributed by atoms with Crippen molar-refractivity contribution in [1.82, 2.24) is 4.90 Å². The molecular formula is C14H15NO3. The van der Waals surface area contributed by atoms with Crippen molar-refractivity contribution in [2.45, 2.75) is 12.1 Å². The number of hydrogen-bond acceptors (Lipinski definition) is 3. The minimum atomic E-state index is -0.0902. The SMILES string of the molecule is C=CC(=O)N1CCOC2c3ccccc3OCC21. The number of amides is 1. The summed E-state index contributed by atoms with van der Waals surface area (Å²) in [6.07, 6.45) is 1.26. The first-order valence-electron chi connectivity index (χ1n) is 6.07. The molecule has 1 aromatic carbocycles. The Hall–Kier alpha value is -1.81. The fourth-order valence-electron chi connectivity index (χ4n) is 2.61. The monoisotopic (exact) mass is 245 g/mol. The molecule has 1 saturated heterocycles. The summed E-state index contributed by atoms with van der Waals surface area (Å²) in [5.41, 5.74) is 1.02. The zero-order valence-electron chi connectivity index (χ0n) is 10.0. The van der Waals surface area contributed by atoms with Crippen LogP contribution in [-0.2, 0) is 9.53 Å². The lowest BCUT2D eigenvalue weighted by Gasteiger charge is -2.43. The first kappa shape index (κ1) is 11.3. The third-order valence-corrected chi connectivity index (χ3v) is 3.47. The van der Waals surface area contributed by atoms with Crippen LogP contribution >= 0.6 is 0 Å². The molecule has 1 amide bonds. The molecule has 1 aromatic rings. The van der Waals surface area contributed by atoms with Crippen molar-refractivity contribution in [1.29, 1.82) is 0 Å². The van der Waals surface area contributed by atoms with Crippen LogP contribution in [0.5, 0.6) is 5.75 Å². The van der Waals surface area contributed by atoms with Crippen molar-refractivity contribution in [3.8, 4) is 5.75 Å². The molecule has 1 fully saturated rings. The van der Waals surface area contributed by atoms with Crippen LogP contribution in [-0.4, -0.2) is 36.6 Å². The molecule has 18 heavy (non-hydrogen) atoms. The van der Waals surface area contributed by atoms with Gasteiger partial charge in [0.15, 0.2) is 0 Å². The summed E-state index contributed by atoms with van der Waals surface area (Å²) in [5, 5.41) is 0. The normalized spacial score (nSPS) is 25.7. The number of fused-ring (bicyclic) bond motifs is 3. The standard InChI is InChI=1S/C14H15NO3/c1-2-13(16)15-7-8-17-14-10-5-3-4-6-12(10)18-9-11(14)15/h2-6,11,14H,1,7-9H2. The van der Waals surface area contributed by atoms with Gasteiger partial charge in [0.25, 0.3) is 0 Å². The molecule has 3 rings (SSSR count). The van der Waals surface area contributed by atoms with E-state index in [9.17, 15) is 4.79 Å². The smallest absolute Gasteiger partial charge is 0.246 e. The Bertz CT molecular complexity index is 486. The summed E-state index contributed by atoms with van der Waals surface area (Å²) in [6.45, 7) is 5.16. The molecule has 4 nitrogen and oxygen atoms in total. The zero-order chi connectivity index (χ0) is 12.5. The van der Waals surface area contributed by atoms with Gasteiger partial charge in [0, 0.05) is 12.1 Å². The van der Waals surface area contributed by atoms with Crippen LogP contribution in [0.3, 0.4) is 0 Å². The number of morpholine rings is 1. The minimum absolute atomic E-state index is 0.0563. The van der Waals surface area contributed by atoms with Gasteiger partial charge in [-0.2, -0.15) is 0 Å². The molecular weight excluding hydrogens is 230 g/mol. The van der Waals surface area contributed by atoms with E-state index in [0.717, 1.165) is 11.3 Å². The molecule has 0 N–H and O–H groups in total. The van der Waals surface area contributed by atoms with E-state index in [2.05, 4.69) is 6.58 Å². The molecule has 0 spiro atoms. The Balaban J connectivity index is 1.94. The molecule has 0 saturated carbocycles. The van der Waals surface area contributed by atoms with E-state index in [1.807, 2.05) is 24.3 Å². The molecule has 2 aliphatic heterocycles. The number of ether oxygens (including phenoxy) is 2.